The van der Waals surface area contributed by atoms with Gasteiger partial charge in [0.15, 0.2) is 0 Å². The highest BCUT2D eigenvalue weighted by atomic mass is 35.5. The minimum absolute atomic E-state index is 0.560. The minimum atomic E-state index is 0.560. The van der Waals surface area contributed by atoms with Crippen LogP contribution >= 0.6 is 22.9 Å². The second-order valence-corrected chi connectivity index (χ2v) is 4.10. The van der Waals surface area contributed by atoms with Crippen LogP contribution in [0.25, 0.3) is 11.3 Å². The van der Waals surface area contributed by atoms with Crippen LogP contribution in [0.3, 0.4) is 0 Å². The van der Waals surface area contributed by atoms with E-state index in [0.29, 0.717) is 5.82 Å². The van der Waals surface area contributed by atoms with E-state index < -0.39 is 0 Å². The van der Waals surface area contributed by atoms with E-state index in [9.17, 15) is 0 Å². The minimum Gasteiger partial charge on any atom is -0.382 e. The van der Waals surface area contributed by atoms with Crippen LogP contribution in [-0.2, 0) is 6.42 Å². The number of nitrogens with zero attached hydrogens (tertiary/aromatic N) is 1. The molecule has 0 aliphatic rings. The molecular formula is C9H10ClN3S. The van der Waals surface area contributed by atoms with Crippen LogP contribution < -0.4 is 5.73 Å². The molecule has 74 valence electrons. The molecule has 0 aliphatic carbocycles. The maximum absolute atomic E-state index is 6.03. The van der Waals surface area contributed by atoms with Crippen LogP contribution in [0, 0.1) is 0 Å². The Morgan fingerprint density at radius 1 is 1.57 bits per heavy atom. The summed E-state index contributed by atoms with van der Waals surface area (Å²) in [5.74, 6) is 0.560. The van der Waals surface area contributed by atoms with Crippen molar-refractivity contribution in [3.63, 3.8) is 0 Å². The highest BCUT2D eigenvalue weighted by Gasteiger charge is 2.13. The van der Waals surface area contributed by atoms with E-state index >= 15 is 0 Å². The molecule has 0 bridgehead atoms. The van der Waals surface area contributed by atoms with Gasteiger partial charge in [-0.05, 0) is 6.42 Å². The second kappa shape index (κ2) is 3.63. The fourth-order valence-corrected chi connectivity index (χ4v) is 2.48. The molecule has 0 radical (unpaired) electrons. The molecule has 14 heavy (non-hydrogen) atoms. The number of nitrogens with one attached hydrogen (secondary N) is 1. The van der Waals surface area contributed by atoms with E-state index in [4.69, 9.17) is 17.3 Å². The largest absolute Gasteiger partial charge is 0.382 e. The zero-order chi connectivity index (χ0) is 10.1. The van der Waals surface area contributed by atoms with Crippen molar-refractivity contribution < 1.29 is 0 Å². The van der Waals surface area contributed by atoms with Gasteiger partial charge in [0.25, 0.3) is 0 Å². The number of rotatable bonds is 2. The Morgan fingerprint density at radius 3 is 2.93 bits per heavy atom. The van der Waals surface area contributed by atoms with Gasteiger partial charge in [-0.2, -0.15) is 16.4 Å². The lowest BCUT2D eigenvalue weighted by molar-refractivity contribution is 1.10. The predicted octanol–water partition coefficient (Wildman–Crippen LogP) is 2.94. The fourth-order valence-electron chi connectivity index (χ4n) is 1.42. The number of H-pyrrole nitrogens is 1. The SMILES string of the molecule is CCc1c(N)n[nH]c1-c1cscc1Cl. The van der Waals surface area contributed by atoms with Gasteiger partial charge in [-0.3, -0.25) is 5.10 Å². The maximum atomic E-state index is 6.03. The van der Waals surface area contributed by atoms with E-state index in [1.54, 1.807) is 11.3 Å². The number of halogens is 1. The number of aromatic amines is 1. The number of hydrogen-bond donors (Lipinski definition) is 2. The molecule has 0 atom stereocenters. The van der Waals surface area contributed by atoms with Gasteiger partial charge in [0.1, 0.15) is 5.82 Å². The van der Waals surface area contributed by atoms with Crippen LogP contribution in [0.15, 0.2) is 10.8 Å². The fraction of sp³-hybridized carbons (Fsp3) is 0.222. The highest BCUT2D eigenvalue weighted by Crippen LogP contribution is 2.33. The first-order valence-electron chi connectivity index (χ1n) is 4.28. The predicted molar refractivity (Wildman–Crippen MR) is 60.7 cm³/mol. The number of nitrogen functional groups attached to an aromatic ring is 1. The third-order valence-electron chi connectivity index (χ3n) is 2.14. The summed E-state index contributed by atoms with van der Waals surface area (Å²) in [6.45, 7) is 2.05. The molecule has 0 aliphatic heterocycles. The summed E-state index contributed by atoms with van der Waals surface area (Å²) in [5, 5.41) is 11.5. The van der Waals surface area contributed by atoms with Gasteiger partial charge >= 0.3 is 0 Å². The van der Waals surface area contributed by atoms with Crippen molar-refractivity contribution in [1.29, 1.82) is 0 Å². The lowest BCUT2D eigenvalue weighted by atomic mass is 10.1. The van der Waals surface area contributed by atoms with Crippen molar-refractivity contribution in [1.82, 2.24) is 10.2 Å². The van der Waals surface area contributed by atoms with Crippen molar-refractivity contribution in [2.75, 3.05) is 5.73 Å². The van der Waals surface area contributed by atoms with Gasteiger partial charge < -0.3 is 5.73 Å². The summed E-state index contributed by atoms with van der Waals surface area (Å²) in [5.41, 5.74) is 8.68. The number of thiophene rings is 1. The number of hydrogen-bond acceptors (Lipinski definition) is 3. The van der Waals surface area contributed by atoms with Crippen LogP contribution in [0.1, 0.15) is 12.5 Å². The number of aromatic nitrogens is 2. The average Bonchev–Trinajstić information content (AvgIpc) is 2.71. The Balaban J connectivity index is 2.57. The summed E-state index contributed by atoms with van der Waals surface area (Å²) in [6.07, 6.45) is 0.851. The molecule has 5 heteroatoms. The standard InChI is InChI=1S/C9H10ClN3S/c1-2-5-8(12-13-9(5)11)6-3-14-4-7(6)10/h3-4H,2H2,1H3,(H3,11,12,13). The Bertz CT molecular complexity index is 447. The summed E-state index contributed by atoms with van der Waals surface area (Å²) >= 11 is 7.60. The summed E-state index contributed by atoms with van der Waals surface area (Å²) in [4.78, 5) is 0. The molecular weight excluding hydrogens is 218 g/mol. The molecule has 2 aromatic rings. The van der Waals surface area contributed by atoms with Gasteiger partial charge in [-0.15, -0.1) is 0 Å². The van der Waals surface area contributed by atoms with Crippen molar-refractivity contribution in [2.24, 2.45) is 0 Å². The van der Waals surface area contributed by atoms with E-state index in [-0.39, 0.29) is 0 Å². The highest BCUT2D eigenvalue weighted by molar-refractivity contribution is 7.09. The second-order valence-electron chi connectivity index (χ2n) is 2.95. The number of nitrogens with two attached hydrogens (primary N) is 1. The number of anilines is 1. The van der Waals surface area contributed by atoms with Crippen LogP contribution in [0.4, 0.5) is 5.82 Å². The molecule has 0 saturated heterocycles. The lowest BCUT2D eigenvalue weighted by Gasteiger charge is -1.98. The smallest absolute Gasteiger partial charge is 0.149 e. The van der Waals surface area contributed by atoms with Crippen molar-refractivity contribution in [2.45, 2.75) is 13.3 Å². The summed E-state index contributed by atoms with van der Waals surface area (Å²) in [6, 6.07) is 0. The Labute approximate surface area is 90.9 Å². The van der Waals surface area contributed by atoms with Crippen LogP contribution in [0.5, 0.6) is 0 Å². The van der Waals surface area contributed by atoms with Gasteiger partial charge in [0.2, 0.25) is 0 Å². The van der Waals surface area contributed by atoms with Crippen molar-refractivity contribution in [3.05, 3.63) is 21.3 Å². The van der Waals surface area contributed by atoms with E-state index in [1.807, 2.05) is 17.7 Å². The molecule has 0 aromatic carbocycles. The molecule has 2 aromatic heterocycles. The Kier molecular flexibility index (Phi) is 2.48. The topological polar surface area (TPSA) is 54.7 Å². The first-order chi connectivity index (χ1) is 6.74. The van der Waals surface area contributed by atoms with E-state index in [2.05, 4.69) is 10.2 Å². The molecule has 3 N–H and O–H groups in total. The van der Waals surface area contributed by atoms with Crippen molar-refractivity contribution in [3.8, 4) is 11.3 Å². The zero-order valence-corrected chi connectivity index (χ0v) is 9.25. The molecule has 0 unspecified atom stereocenters. The Hall–Kier alpha value is -1.00. The molecule has 2 heterocycles. The third kappa shape index (κ3) is 1.40. The molecule has 0 saturated carbocycles. The monoisotopic (exact) mass is 227 g/mol. The van der Waals surface area contributed by atoms with E-state index in [1.165, 1.54) is 0 Å². The molecule has 3 nitrogen and oxygen atoms in total. The van der Waals surface area contributed by atoms with Gasteiger partial charge in [0.05, 0.1) is 10.7 Å². The van der Waals surface area contributed by atoms with Gasteiger partial charge in [-0.25, -0.2) is 0 Å². The summed E-state index contributed by atoms with van der Waals surface area (Å²) in [7, 11) is 0. The third-order valence-corrected chi connectivity index (χ3v) is 3.32. The van der Waals surface area contributed by atoms with Crippen LogP contribution in [0.2, 0.25) is 5.02 Å². The quantitative estimate of drug-likeness (QED) is 0.829. The van der Waals surface area contributed by atoms with Crippen LogP contribution in [-0.4, -0.2) is 10.2 Å². The molecule has 0 fully saturated rings. The normalized spacial score (nSPS) is 10.7. The molecule has 0 amide bonds. The summed E-state index contributed by atoms with van der Waals surface area (Å²) < 4.78 is 0. The molecule has 0 spiro atoms. The zero-order valence-electron chi connectivity index (χ0n) is 7.67. The maximum Gasteiger partial charge on any atom is 0.149 e. The average molecular weight is 228 g/mol. The van der Waals surface area contributed by atoms with Crippen molar-refractivity contribution >= 4 is 28.8 Å². The Morgan fingerprint density at radius 2 is 2.36 bits per heavy atom. The first kappa shape index (κ1) is 9.55. The van der Waals surface area contributed by atoms with E-state index in [0.717, 1.165) is 28.3 Å². The lowest BCUT2D eigenvalue weighted by Crippen LogP contribution is -1.90. The van der Waals surface area contributed by atoms with Gasteiger partial charge in [-0.1, -0.05) is 18.5 Å². The molecule has 2 rings (SSSR count). The van der Waals surface area contributed by atoms with Gasteiger partial charge in [0, 0.05) is 21.9 Å². The first-order valence-corrected chi connectivity index (χ1v) is 5.61.